The molecule has 4 rings (SSSR count). The summed E-state index contributed by atoms with van der Waals surface area (Å²) in [6.45, 7) is 4.83. The minimum atomic E-state index is -1.31. The number of aromatic hydroxyl groups is 1. The van der Waals surface area contributed by atoms with Crippen molar-refractivity contribution in [3.05, 3.63) is 96.1 Å². The lowest BCUT2D eigenvalue weighted by atomic mass is 10.00. The zero-order chi connectivity index (χ0) is 41.5. The highest BCUT2D eigenvalue weighted by molar-refractivity contribution is 5.95. The van der Waals surface area contributed by atoms with Crippen molar-refractivity contribution in [3.8, 4) is 5.75 Å². The quantitative estimate of drug-likeness (QED) is 0.0590. The molecule has 4 aromatic rings. The van der Waals surface area contributed by atoms with E-state index in [-0.39, 0.29) is 37.4 Å². The first-order valence-corrected chi connectivity index (χ1v) is 18.9. The van der Waals surface area contributed by atoms with Crippen molar-refractivity contribution < 1.29 is 39.0 Å². The zero-order valence-corrected chi connectivity index (χ0v) is 32.3. The van der Waals surface area contributed by atoms with Crippen molar-refractivity contribution in [2.45, 2.75) is 89.5 Å². The molecule has 1 heterocycles. The number of carboxylic acids is 1. The number of unbranched alkanes of at least 4 members (excludes halogenated alkanes) is 1. The van der Waals surface area contributed by atoms with Gasteiger partial charge in [0.1, 0.15) is 29.9 Å². The van der Waals surface area contributed by atoms with Crippen molar-refractivity contribution in [1.82, 2.24) is 36.6 Å². The number of phenols is 1. The molecule has 16 nitrogen and oxygen atoms in total. The molecule has 10 N–H and O–H groups in total. The van der Waals surface area contributed by atoms with Gasteiger partial charge in [-0.25, -0.2) is 9.78 Å². The molecule has 0 aliphatic heterocycles. The van der Waals surface area contributed by atoms with E-state index < -0.39 is 72.3 Å². The highest BCUT2D eigenvalue weighted by Gasteiger charge is 2.31. The molecular weight excluding hydrogens is 732 g/mol. The number of hydrogen-bond donors (Lipinski definition) is 9. The Balaban J connectivity index is 1.37. The van der Waals surface area contributed by atoms with Gasteiger partial charge in [-0.3, -0.25) is 24.0 Å². The summed E-state index contributed by atoms with van der Waals surface area (Å²) in [5, 5.41) is 34.5. The Labute approximate surface area is 330 Å². The second-order valence-corrected chi connectivity index (χ2v) is 14.3. The van der Waals surface area contributed by atoms with Gasteiger partial charge < -0.3 is 47.5 Å². The molecule has 0 bridgehead atoms. The van der Waals surface area contributed by atoms with E-state index in [0.717, 1.165) is 16.3 Å². The SMILES string of the molecule is CCCC[C@H](NC(=O)[C@@H](NC(=O)[C@@H](N)Cc1ccc(O)cc1)C(C)C)C(=O)NCC(=O)N[C@@H](Cc1c[nH]cn1)C(=O)N[C@H](Cc1ccc2ccccc2c1)C(=O)O. The van der Waals surface area contributed by atoms with E-state index in [0.29, 0.717) is 24.1 Å². The average Bonchev–Trinajstić information content (AvgIpc) is 3.70. The Hall–Kier alpha value is -6.29. The second kappa shape index (κ2) is 21.1. The Morgan fingerprint density at radius 1 is 0.754 bits per heavy atom. The third-order valence-electron chi connectivity index (χ3n) is 9.37. The van der Waals surface area contributed by atoms with Crippen LogP contribution in [0.25, 0.3) is 10.8 Å². The van der Waals surface area contributed by atoms with Crippen LogP contribution < -0.4 is 32.3 Å². The van der Waals surface area contributed by atoms with Gasteiger partial charge >= 0.3 is 5.97 Å². The molecule has 5 amide bonds. The number of H-pyrrole nitrogens is 1. The normalized spacial score (nSPS) is 13.8. The van der Waals surface area contributed by atoms with Crippen LogP contribution in [0.15, 0.2) is 79.3 Å². The Morgan fingerprint density at radius 2 is 1.44 bits per heavy atom. The highest BCUT2D eigenvalue weighted by Crippen LogP contribution is 2.17. The van der Waals surface area contributed by atoms with Crippen LogP contribution in [-0.2, 0) is 48.0 Å². The first-order chi connectivity index (χ1) is 27.2. The van der Waals surface area contributed by atoms with Gasteiger partial charge in [0.25, 0.3) is 0 Å². The molecule has 0 aliphatic carbocycles. The van der Waals surface area contributed by atoms with E-state index in [1.54, 1.807) is 32.0 Å². The van der Waals surface area contributed by atoms with Gasteiger partial charge in [-0.05, 0) is 52.8 Å². The number of imidazole rings is 1. The molecule has 0 fully saturated rings. The van der Waals surface area contributed by atoms with Gasteiger partial charge in [0, 0.05) is 19.0 Å². The third kappa shape index (κ3) is 13.5. The number of carbonyl (C=O) groups is 6. The first kappa shape index (κ1) is 43.4. The van der Waals surface area contributed by atoms with E-state index in [2.05, 4.69) is 36.6 Å². The lowest BCUT2D eigenvalue weighted by Gasteiger charge is -2.26. The van der Waals surface area contributed by atoms with Crippen LogP contribution in [-0.4, -0.2) is 92.4 Å². The predicted molar refractivity (Wildman–Crippen MR) is 212 cm³/mol. The second-order valence-electron chi connectivity index (χ2n) is 14.3. The minimum Gasteiger partial charge on any atom is -0.508 e. The third-order valence-corrected chi connectivity index (χ3v) is 9.37. The molecule has 1 aromatic heterocycles. The summed E-state index contributed by atoms with van der Waals surface area (Å²) >= 11 is 0. The van der Waals surface area contributed by atoms with E-state index in [1.807, 2.05) is 43.3 Å². The largest absolute Gasteiger partial charge is 0.508 e. The maximum atomic E-state index is 13.5. The minimum absolute atomic E-state index is 0.0101. The average molecular weight is 785 g/mol. The number of benzene rings is 3. The number of carbonyl (C=O) groups excluding carboxylic acids is 5. The lowest BCUT2D eigenvalue weighted by molar-refractivity contribution is -0.142. The summed E-state index contributed by atoms with van der Waals surface area (Å²) in [6, 6.07) is 13.8. The molecule has 0 aliphatic rings. The number of hydrogen-bond acceptors (Lipinski definition) is 9. The standard InChI is InChI=1S/C41H52N8O8/c1-4-5-10-32(47-40(55)36(24(2)3)49-37(52)31(42)18-25-12-15-30(50)16-13-25)38(53)44-22-35(51)46-33(20-29-21-43-23-45-29)39(54)48-34(41(56)57)19-26-11-14-27-8-6-7-9-28(27)17-26/h6-9,11-17,21,23-24,31-34,36,50H,4-5,10,18-20,22,42H2,1-3H3,(H,43,45)(H,44,53)(H,46,51)(H,47,55)(H,48,54)(H,49,52)(H,56,57)/t31-,32-,33-,34+,36-/m0/s1. The molecule has 3 aromatic carbocycles. The van der Waals surface area contributed by atoms with Gasteiger partial charge in [-0.15, -0.1) is 0 Å². The molecule has 0 saturated heterocycles. The van der Waals surface area contributed by atoms with Gasteiger partial charge in [0.05, 0.1) is 24.6 Å². The van der Waals surface area contributed by atoms with Crippen molar-refractivity contribution >= 4 is 46.3 Å². The number of fused-ring (bicyclic) bond motifs is 1. The number of nitrogens with zero attached hydrogens (tertiary/aromatic N) is 1. The molecule has 0 unspecified atom stereocenters. The van der Waals surface area contributed by atoms with Crippen molar-refractivity contribution in [2.24, 2.45) is 11.7 Å². The summed E-state index contributed by atoms with van der Waals surface area (Å²) in [7, 11) is 0. The highest BCUT2D eigenvalue weighted by atomic mass is 16.4. The number of carboxylic acid groups (broad SMARTS) is 1. The molecule has 57 heavy (non-hydrogen) atoms. The number of nitrogens with one attached hydrogen (secondary N) is 6. The Morgan fingerprint density at radius 3 is 2.09 bits per heavy atom. The summed E-state index contributed by atoms with van der Waals surface area (Å²) < 4.78 is 0. The van der Waals surface area contributed by atoms with Crippen molar-refractivity contribution in [2.75, 3.05) is 6.54 Å². The first-order valence-electron chi connectivity index (χ1n) is 18.9. The van der Waals surface area contributed by atoms with E-state index in [1.165, 1.54) is 24.7 Å². The smallest absolute Gasteiger partial charge is 0.326 e. The number of rotatable bonds is 21. The van der Waals surface area contributed by atoms with Gasteiger partial charge in [-0.1, -0.05) is 88.2 Å². The number of amides is 5. The van der Waals surface area contributed by atoms with E-state index in [9.17, 15) is 39.0 Å². The lowest BCUT2D eigenvalue weighted by Crippen LogP contribution is -2.58. The summed E-state index contributed by atoms with van der Waals surface area (Å²) in [4.78, 5) is 85.8. The molecule has 16 heteroatoms. The number of nitrogens with two attached hydrogens (primary N) is 1. The monoisotopic (exact) mass is 784 g/mol. The van der Waals surface area contributed by atoms with Crippen LogP contribution in [0.2, 0.25) is 0 Å². The fourth-order valence-electron chi connectivity index (χ4n) is 6.14. The molecule has 0 saturated carbocycles. The Bertz CT molecular complexity index is 1990. The topological polar surface area (TPSA) is 258 Å². The van der Waals surface area contributed by atoms with Crippen LogP contribution in [0.1, 0.15) is 56.9 Å². The Kier molecular flexibility index (Phi) is 16.1. The molecule has 304 valence electrons. The van der Waals surface area contributed by atoms with Gasteiger partial charge in [-0.2, -0.15) is 0 Å². The predicted octanol–water partition coefficient (Wildman–Crippen LogP) is 1.61. The number of aromatic amines is 1. The van der Waals surface area contributed by atoms with Gasteiger partial charge in [0.2, 0.25) is 29.5 Å². The molecule has 0 radical (unpaired) electrons. The van der Waals surface area contributed by atoms with E-state index >= 15 is 0 Å². The summed E-state index contributed by atoms with van der Waals surface area (Å²) in [5.74, 6) is -4.89. The van der Waals surface area contributed by atoms with Gasteiger partial charge in [0.15, 0.2) is 0 Å². The summed E-state index contributed by atoms with van der Waals surface area (Å²) in [5.41, 5.74) is 7.97. The fourth-order valence-corrected chi connectivity index (χ4v) is 6.14. The molecule has 0 spiro atoms. The fraction of sp³-hybridized carbons (Fsp3) is 0.390. The van der Waals surface area contributed by atoms with Crippen LogP contribution in [0, 0.1) is 5.92 Å². The number of aliphatic carboxylic acids is 1. The number of phenolic OH excluding ortho intramolecular Hbond substituents is 1. The number of aromatic nitrogens is 2. The molecular formula is C41H52N8O8. The molecule has 5 atom stereocenters. The van der Waals surface area contributed by atoms with Crippen LogP contribution in [0.3, 0.4) is 0 Å². The zero-order valence-electron chi connectivity index (χ0n) is 32.3. The maximum absolute atomic E-state index is 13.5. The van der Waals surface area contributed by atoms with E-state index in [4.69, 9.17) is 5.73 Å². The van der Waals surface area contributed by atoms with Crippen LogP contribution in [0.4, 0.5) is 0 Å². The summed E-state index contributed by atoms with van der Waals surface area (Å²) in [6.07, 6.45) is 4.53. The van der Waals surface area contributed by atoms with Crippen LogP contribution >= 0.6 is 0 Å². The van der Waals surface area contributed by atoms with Crippen molar-refractivity contribution in [1.29, 1.82) is 0 Å². The van der Waals surface area contributed by atoms with Crippen LogP contribution in [0.5, 0.6) is 5.75 Å². The van der Waals surface area contributed by atoms with Crippen molar-refractivity contribution in [3.63, 3.8) is 0 Å². The maximum Gasteiger partial charge on any atom is 0.326 e.